The zero-order valence-electron chi connectivity index (χ0n) is 8.59. The average Bonchev–Trinajstić information content (AvgIpc) is 2.10. The molecule has 0 radical (unpaired) electrons. The summed E-state index contributed by atoms with van der Waals surface area (Å²) in [5, 5.41) is 0.614. The maximum Gasteiger partial charge on any atom is 0.139 e. The molecule has 3 heteroatoms. The van der Waals surface area contributed by atoms with Crippen LogP contribution in [0.25, 0.3) is 0 Å². The van der Waals surface area contributed by atoms with Gasteiger partial charge in [0.1, 0.15) is 5.75 Å². The second-order valence-corrected chi connectivity index (χ2v) is 4.13. The van der Waals surface area contributed by atoms with Gasteiger partial charge in [-0.1, -0.05) is 25.4 Å². The summed E-state index contributed by atoms with van der Waals surface area (Å²) in [5.41, 5.74) is 6.30. The second kappa shape index (κ2) is 5.11. The molecule has 0 saturated heterocycles. The highest BCUT2D eigenvalue weighted by Gasteiger charge is 2.02. The topological polar surface area (TPSA) is 35.2 Å². The Morgan fingerprint density at radius 1 is 1.43 bits per heavy atom. The third-order valence-corrected chi connectivity index (χ3v) is 2.22. The summed E-state index contributed by atoms with van der Waals surface area (Å²) in [6.07, 6.45) is 1.02. The first-order valence-corrected chi connectivity index (χ1v) is 5.15. The average molecular weight is 214 g/mol. The van der Waals surface area contributed by atoms with E-state index in [9.17, 15) is 0 Å². The van der Waals surface area contributed by atoms with Crippen molar-refractivity contribution in [3.63, 3.8) is 0 Å². The van der Waals surface area contributed by atoms with Crippen LogP contribution in [-0.2, 0) is 0 Å². The van der Waals surface area contributed by atoms with Crippen LogP contribution in [0.3, 0.4) is 0 Å². The van der Waals surface area contributed by atoms with Crippen LogP contribution in [0.15, 0.2) is 18.2 Å². The van der Waals surface area contributed by atoms with Crippen molar-refractivity contribution >= 4 is 17.3 Å². The summed E-state index contributed by atoms with van der Waals surface area (Å²) in [6.45, 7) is 5.00. The molecule has 2 N–H and O–H groups in total. The van der Waals surface area contributed by atoms with Crippen molar-refractivity contribution in [1.82, 2.24) is 0 Å². The number of benzene rings is 1. The summed E-state index contributed by atoms with van der Waals surface area (Å²) >= 11 is 5.93. The summed E-state index contributed by atoms with van der Waals surface area (Å²) in [6, 6.07) is 5.27. The van der Waals surface area contributed by atoms with Gasteiger partial charge >= 0.3 is 0 Å². The highest BCUT2D eigenvalue weighted by atomic mass is 35.5. The van der Waals surface area contributed by atoms with E-state index in [1.807, 2.05) is 0 Å². The van der Waals surface area contributed by atoms with Crippen molar-refractivity contribution < 1.29 is 4.74 Å². The fraction of sp³-hybridized carbons (Fsp3) is 0.455. The smallest absolute Gasteiger partial charge is 0.139 e. The SMILES string of the molecule is CC(C)CCOc1cc(N)ccc1Cl. The number of hydrogen-bond acceptors (Lipinski definition) is 2. The van der Waals surface area contributed by atoms with Gasteiger partial charge in [-0.2, -0.15) is 0 Å². The Hall–Kier alpha value is -0.890. The van der Waals surface area contributed by atoms with Crippen LogP contribution in [0.2, 0.25) is 5.02 Å². The highest BCUT2D eigenvalue weighted by Crippen LogP contribution is 2.26. The van der Waals surface area contributed by atoms with E-state index in [4.69, 9.17) is 22.1 Å². The van der Waals surface area contributed by atoms with Crippen molar-refractivity contribution in [2.45, 2.75) is 20.3 Å². The summed E-state index contributed by atoms with van der Waals surface area (Å²) in [5.74, 6) is 1.31. The Morgan fingerprint density at radius 3 is 2.79 bits per heavy atom. The fourth-order valence-corrected chi connectivity index (χ4v) is 1.21. The lowest BCUT2D eigenvalue weighted by molar-refractivity contribution is 0.290. The number of anilines is 1. The zero-order chi connectivity index (χ0) is 10.6. The quantitative estimate of drug-likeness (QED) is 0.779. The van der Waals surface area contributed by atoms with Gasteiger partial charge in [0, 0.05) is 11.8 Å². The van der Waals surface area contributed by atoms with Crippen molar-refractivity contribution in [1.29, 1.82) is 0 Å². The molecule has 0 heterocycles. The van der Waals surface area contributed by atoms with E-state index in [2.05, 4.69) is 13.8 Å². The Morgan fingerprint density at radius 2 is 2.14 bits per heavy atom. The molecule has 0 saturated carbocycles. The molecule has 0 amide bonds. The van der Waals surface area contributed by atoms with E-state index in [0.717, 1.165) is 6.42 Å². The first-order chi connectivity index (χ1) is 6.59. The molecule has 14 heavy (non-hydrogen) atoms. The Labute approximate surface area is 90.0 Å². The van der Waals surface area contributed by atoms with Gasteiger partial charge in [0.15, 0.2) is 0 Å². The van der Waals surface area contributed by atoms with Gasteiger partial charge in [-0.05, 0) is 24.5 Å². The molecule has 0 fully saturated rings. The molecule has 1 aromatic rings. The minimum absolute atomic E-state index is 0.614. The molecule has 0 aliphatic heterocycles. The summed E-state index contributed by atoms with van der Waals surface area (Å²) in [4.78, 5) is 0. The van der Waals surface area contributed by atoms with Crippen LogP contribution < -0.4 is 10.5 Å². The van der Waals surface area contributed by atoms with Crippen LogP contribution >= 0.6 is 11.6 Å². The molecule has 0 unspecified atom stereocenters. The van der Waals surface area contributed by atoms with Gasteiger partial charge in [0.2, 0.25) is 0 Å². The number of nitrogens with two attached hydrogens (primary N) is 1. The fourth-order valence-electron chi connectivity index (χ4n) is 1.04. The number of nitrogen functional groups attached to an aromatic ring is 1. The van der Waals surface area contributed by atoms with E-state index in [1.165, 1.54) is 0 Å². The standard InChI is InChI=1S/C11H16ClNO/c1-8(2)5-6-14-11-7-9(13)3-4-10(11)12/h3-4,7-8H,5-6,13H2,1-2H3. The minimum atomic E-state index is 0.614. The van der Waals surface area contributed by atoms with Gasteiger partial charge in [-0.3, -0.25) is 0 Å². The minimum Gasteiger partial charge on any atom is -0.492 e. The Bertz CT molecular complexity index is 299. The third-order valence-electron chi connectivity index (χ3n) is 1.91. The zero-order valence-corrected chi connectivity index (χ0v) is 9.34. The number of ether oxygens (including phenoxy) is 1. The van der Waals surface area contributed by atoms with Crippen LogP contribution in [0, 0.1) is 5.92 Å². The summed E-state index contributed by atoms with van der Waals surface area (Å²) < 4.78 is 5.52. The lowest BCUT2D eigenvalue weighted by Crippen LogP contribution is -2.02. The summed E-state index contributed by atoms with van der Waals surface area (Å²) in [7, 11) is 0. The van der Waals surface area contributed by atoms with E-state index < -0.39 is 0 Å². The maximum absolute atomic E-state index is 5.93. The van der Waals surface area contributed by atoms with Gasteiger partial charge in [-0.25, -0.2) is 0 Å². The molecular weight excluding hydrogens is 198 g/mol. The monoisotopic (exact) mass is 213 g/mol. The van der Waals surface area contributed by atoms with E-state index in [1.54, 1.807) is 18.2 Å². The maximum atomic E-state index is 5.93. The van der Waals surface area contributed by atoms with Crippen molar-refractivity contribution in [3.8, 4) is 5.75 Å². The first-order valence-electron chi connectivity index (χ1n) is 4.77. The van der Waals surface area contributed by atoms with Crippen LogP contribution in [0.1, 0.15) is 20.3 Å². The molecular formula is C11H16ClNO. The van der Waals surface area contributed by atoms with Crippen LogP contribution in [0.5, 0.6) is 5.75 Å². The normalized spacial score (nSPS) is 10.6. The highest BCUT2D eigenvalue weighted by molar-refractivity contribution is 6.32. The van der Waals surface area contributed by atoms with Gasteiger partial charge in [-0.15, -0.1) is 0 Å². The van der Waals surface area contributed by atoms with Crippen LogP contribution in [0.4, 0.5) is 5.69 Å². The lowest BCUT2D eigenvalue weighted by Gasteiger charge is -2.09. The number of hydrogen-bond donors (Lipinski definition) is 1. The second-order valence-electron chi connectivity index (χ2n) is 3.72. The molecule has 2 nitrogen and oxygen atoms in total. The van der Waals surface area contributed by atoms with Gasteiger partial charge in [0.25, 0.3) is 0 Å². The largest absolute Gasteiger partial charge is 0.492 e. The van der Waals surface area contributed by atoms with E-state index in [-0.39, 0.29) is 0 Å². The Kier molecular flexibility index (Phi) is 4.08. The van der Waals surface area contributed by atoms with Gasteiger partial charge in [0.05, 0.1) is 11.6 Å². The molecule has 0 aliphatic rings. The molecule has 1 rings (SSSR count). The predicted molar refractivity (Wildman–Crippen MR) is 60.8 cm³/mol. The molecule has 0 aromatic heterocycles. The molecule has 0 bridgehead atoms. The van der Waals surface area contributed by atoms with Crippen LogP contribution in [-0.4, -0.2) is 6.61 Å². The lowest BCUT2D eigenvalue weighted by atomic mass is 10.1. The van der Waals surface area contributed by atoms with E-state index >= 15 is 0 Å². The molecule has 1 aromatic carbocycles. The van der Waals surface area contributed by atoms with Crippen molar-refractivity contribution in [2.75, 3.05) is 12.3 Å². The first kappa shape index (κ1) is 11.2. The molecule has 0 spiro atoms. The third kappa shape index (κ3) is 3.46. The van der Waals surface area contributed by atoms with Gasteiger partial charge < -0.3 is 10.5 Å². The number of halogens is 1. The predicted octanol–water partition coefficient (Wildman–Crippen LogP) is 3.35. The number of rotatable bonds is 4. The van der Waals surface area contributed by atoms with Crippen molar-refractivity contribution in [3.05, 3.63) is 23.2 Å². The molecule has 78 valence electrons. The molecule has 0 atom stereocenters. The Balaban J connectivity index is 2.53. The molecule has 0 aliphatic carbocycles. The van der Waals surface area contributed by atoms with Crippen molar-refractivity contribution in [2.24, 2.45) is 5.92 Å². The van der Waals surface area contributed by atoms with E-state index in [0.29, 0.717) is 29.0 Å².